The number of ether oxygens (including phenoxy) is 2. The third kappa shape index (κ3) is 3.00. The Bertz CT molecular complexity index is 509. The number of thiophene rings is 1. The highest BCUT2D eigenvalue weighted by Crippen LogP contribution is 2.44. The van der Waals surface area contributed by atoms with Crippen molar-refractivity contribution >= 4 is 39.2 Å². The van der Waals surface area contributed by atoms with Crippen molar-refractivity contribution in [3.8, 4) is 0 Å². The van der Waals surface area contributed by atoms with Crippen molar-refractivity contribution in [3.05, 3.63) is 19.8 Å². The minimum absolute atomic E-state index is 0.255. The number of fused-ring (bicyclic) bond motifs is 1. The zero-order valence-corrected chi connectivity index (χ0v) is 13.2. The van der Waals surface area contributed by atoms with Crippen LogP contribution in [-0.4, -0.2) is 18.5 Å². The van der Waals surface area contributed by atoms with Gasteiger partial charge in [-0.05, 0) is 47.7 Å². The zero-order chi connectivity index (χ0) is 14.0. The minimum Gasteiger partial charge on any atom is -0.462 e. The molecule has 0 bridgehead atoms. The lowest BCUT2D eigenvalue weighted by Gasteiger charge is -2.23. The van der Waals surface area contributed by atoms with E-state index in [0.29, 0.717) is 11.5 Å². The van der Waals surface area contributed by atoms with E-state index in [1.807, 2.05) is 0 Å². The second kappa shape index (κ2) is 6.05. The fourth-order valence-electron chi connectivity index (χ4n) is 2.30. The summed E-state index contributed by atoms with van der Waals surface area (Å²) in [6.45, 7) is 3.55. The van der Waals surface area contributed by atoms with E-state index in [9.17, 15) is 9.59 Å². The van der Waals surface area contributed by atoms with Gasteiger partial charge in [-0.15, -0.1) is 11.3 Å². The first kappa shape index (κ1) is 14.5. The summed E-state index contributed by atoms with van der Waals surface area (Å²) >= 11 is 4.83. The van der Waals surface area contributed by atoms with Crippen molar-refractivity contribution < 1.29 is 19.1 Å². The fraction of sp³-hybridized carbons (Fsp3) is 0.538. The molecule has 1 heterocycles. The van der Waals surface area contributed by atoms with Gasteiger partial charge in [0.2, 0.25) is 0 Å². The molecule has 2 rings (SSSR count). The van der Waals surface area contributed by atoms with E-state index < -0.39 is 0 Å². The number of carbonyl (C=O) groups is 2. The summed E-state index contributed by atoms with van der Waals surface area (Å²) in [5.41, 5.74) is 1.90. The molecule has 0 saturated carbocycles. The van der Waals surface area contributed by atoms with Gasteiger partial charge in [-0.2, -0.15) is 0 Å². The highest BCUT2D eigenvalue weighted by molar-refractivity contribution is 9.11. The molecule has 1 unspecified atom stereocenters. The van der Waals surface area contributed by atoms with Crippen molar-refractivity contribution in [1.29, 1.82) is 0 Å². The molecule has 0 amide bonds. The highest BCUT2D eigenvalue weighted by Gasteiger charge is 2.32. The summed E-state index contributed by atoms with van der Waals surface area (Å²) in [5, 5.41) is 0. The summed E-state index contributed by atoms with van der Waals surface area (Å²) < 4.78 is 11.3. The van der Waals surface area contributed by atoms with E-state index in [4.69, 9.17) is 9.47 Å². The van der Waals surface area contributed by atoms with E-state index >= 15 is 0 Å². The quantitative estimate of drug-likeness (QED) is 0.784. The van der Waals surface area contributed by atoms with Gasteiger partial charge >= 0.3 is 11.9 Å². The lowest BCUT2D eigenvalue weighted by molar-refractivity contribution is -0.147. The van der Waals surface area contributed by atoms with Crippen LogP contribution in [0.25, 0.3) is 0 Å². The second-order valence-electron chi connectivity index (χ2n) is 4.31. The summed E-state index contributed by atoms with van der Waals surface area (Å²) in [7, 11) is 0. The fourth-order valence-corrected chi connectivity index (χ4v) is 4.31. The Morgan fingerprint density at radius 2 is 2.21 bits per heavy atom. The molecular formula is C13H15BrO4S. The molecule has 6 heteroatoms. The largest absolute Gasteiger partial charge is 0.462 e. The van der Waals surface area contributed by atoms with E-state index in [0.717, 1.165) is 34.2 Å². The first-order valence-corrected chi connectivity index (χ1v) is 7.81. The van der Waals surface area contributed by atoms with Crippen LogP contribution in [0.15, 0.2) is 3.79 Å². The van der Waals surface area contributed by atoms with Crippen molar-refractivity contribution in [3.63, 3.8) is 0 Å². The van der Waals surface area contributed by atoms with Crippen LogP contribution in [0.2, 0.25) is 0 Å². The molecule has 1 aliphatic carbocycles. The van der Waals surface area contributed by atoms with Gasteiger partial charge in [0, 0.05) is 12.5 Å². The smallest absolute Gasteiger partial charge is 0.348 e. The number of carbonyl (C=O) groups excluding carboxylic acids is 2. The molecule has 0 aromatic carbocycles. The first-order chi connectivity index (χ1) is 9.04. The SMILES string of the molecule is CCOC(=O)c1sc(Br)c2c1CCCC2OC(C)=O. The van der Waals surface area contributed by atoms with Crippen LogP contribution in [-0.2, 0) is 20.7 Å². The maximum Gasteiger partial charge on any atom is 0.348 e. The third-order valence-corrected chi connectivity index (χ3v) is 4.92. The van der Waals surface area contributed by atoms with E-state index in [1.54, 1.807) is 6.92 Å². The Morgan fingerprint density at radius 1 is 1.47 bits per heavy atom. The molecule has 0 radical (unpaired) electrons. The van der Waals surface area contributed by atoms with Crippen LogP contribution in [0.3, 0.4) is 0 Å². The average Bonchev–Trinajstić information content (AvgIpc) is 2.68. The molecule has 1 aliphatic rings. The topological polar surface area (TPSA) is 52.6 Å². The monoisotopic (exact) mass is 346 g/mol. The number of esters is 2. The van der Waals surface area contributed by atoms with Crippen LogP contribution in [0.4, 0.5) is 0 Å². The van der Waals surface area contributed by atoms with Crippen LogP contribution >= 0.6 is 27.3 Å². The highest BCUT2D eigenvalue weighted by atomic mass is 79.9. The molecule has 104 valence electrons. The molecular weight excluding hydrogens is 332 g/mol. The van der Waals surface area contributed by atoms with Crippen molar-refractivity contribution in [2.45, 2.75) is 39.2 Å². The van der Waals surface area contributed by atoms with Crippen molar-refractivity contribution in [1.82, 2.24) is 0 Å². The molecule has 4 nitrogen and oxygen atoms in total. The van der Waals surface area contributed by atoms with E-state index in [2.05, 4.69) is 15.9 Å². The number of halogens is 1. The lowest BCUT2D eigenvalue weighted by atomic mass is 9.91. The Balaban J connectivity index is 2.37. The van der Waals surface area contributed by atoms with Gasteiger partial charge in [0.15, 0.2) is 0 Å². The van der Waals surface area contributed by atoms with Gasteiger partial charge in [-0.3, -0.25) is 4.79 Å². The third-order valence-electron chi connectivity index (χ3n) is 2.99. The first-order valence-electron chi connectivity index (χ1n) is 6.20. The van der Waals surface area contributed by atoms with Crippen LogP contribution in [0, 0.1) is 0 Å². The van der Waals surface area contributed by atoms with Crippen LogP contribution in [0.5, 0.6) is 0 Å². The molecule has 0 N–H and O–H groups in total. The molecule has 1 atom stereocenters. The van der Waals surface area contributed by atoms with Crippen LogP contribution < -0.4 is 0 Å². The lowest BCUT2D eigenvalue weighted by Crippen LogP contribution is -2.16. The van der Waals surface area contributed by atoms with Gasteiger partial charge < -0.3 is 9.47 Å². The number of rotatable bonds is 3. The van der Waals surface area contributed by atoms with Gasteiger partial charge in [0.25, 0.3) is 0 Å². The van der Waals surface area contributed by atoms with Gasteiger partial charge in [0.1, 0.15) is 11.0 Å². The zero-order valence-electron chi connectivity index (χ0n) is 10.8. The summed E-state index contributed by atoms with van der Waals surface area (Å²) in [4.78, 5) is 23.7. The molecule has 19 heavy (non-hydrogen) atoms. The van der Waals surface area contributed by atoms with E-state index in [1.165, 1.54) is 18.3 Å². The predicted molar refractivity (Wildman–Crippen MR) is 75.4 cm³/mol. The Morgan fingerprint density at radius 3 is 2.84 bits per heavy atom. The standard InChI is InChI=1S/C13H15BrO4S/c1-3-17-13(16)11-8-5-4-6-9(18-7(2)15)10(8)12(14)19-11/h9H,3-6H2,1-2H3. The Labute approximate surface area is 124 Å². The Hall–Kier alpha value is -0.880. The maximum atomic E-state index is 11.9. The minimum atomic E-state index is -0.298. The van der Waals surface area contributed by atoms with Crippen molar-refractivity contribution in [2.75, 3.05) is 6.61 Å². The van der Waals surface area contributed by atoms with Crippen LogP contribution in [0.1, 0.15) is 53.6 Å². The molecule has 1 aromatic heterocycles. The maximum absolute atomic E-state index is 11.9. The molecule has 0 aliphatic heterocycles. The summed E-state index contributed by atoms with van der Waals surface area (Å²) in [6, 6.07) is 0. The van der Waals surface area contributed by atoms with Gasteiger partial charge in [0.05, 0.1) is 10.4 Å². The van der Waals surface area contributed by atoms with Gasteiger partial charge in [-0.25, -0.2) is 4.79 Å². The second-order valence-corrected chi connectivity index (χ2v) is 6.65. The number of hydrogen-bond donors (Lipinski definition) is 0. The molecule has 0 saturated heterocycles. The van der Waals surface area contributed by atoms with Crippen molar-refractivity contribution in [2.24, 2.45) is 0 Å². The summed E-state index contributed by atoms with van der Waals surface area (Å²) in [6.07, 6.45) is 2.27. The summed E-state index contributed by atoms with van der Waals surface area (Å²) in [5.74, 6) is -0.591. The molecule has 1 aromatic rings. The average molecular weight is 347 g/mol. The van der Waals surface area contributed by atoms with Gasteiger partial charge in [-0.1, -0.05) is 0 Å². The molecule has 0 fully saturated rings. The van der Waals surface area contributed by atoms with E-state index in [-0.39, 0.29) is 18.0 Å². The number of hydrogen-bond acceptors (Lipinski definition) is 5. The normalized spacial score (nSPS) is 17.7. The molecule has 0 spiro atoms. The predicted octanol–water partition coefficient (Wildman–Crippen LogP) is 3.63. The Kier molecular flexibility index (Phi) is 4.62.